The summed E-state index contributed by atoms with van der Waals surface area (Å²) in [5.41, 5.74) is 3.22. The minimum atomic E-state index is -2.78. The summed E-state index contributed by atoms with van der Waals surface area (Å²) in [7, 11) is 0. The quantitative estimate of drug-likeness (QED) is 0.571. The Morgan fingerprint density at radius 1 is 1.04 bits per heavy atom. The van der Waals surface area contributed by atoms with E-state index in [1.807, 2.05) is 26.8 Å². The van der Waals surface area contributed by atoms with Gasteiger partial charge in [-0.15, -0.1) is 0 Å². The van der Waals surface area contributed by atoms with Crippen molar-refractivity contribution < 1.29 is 22.6 Å². The molecule has 0 unspecified atom stereocenters. The van der Waals surface area contributed by atoms with Gasteiger partial charge in [0.15, 0.2) is 0 Å². The van der Waals surface area contributed by atoms with Gasteiger partial charge in [0, 0.05) is 18.1 Å². The maximum atomic E-state index is 12.6. The number of nitrogens with zero attached hydrogens (tertiary/aromatic N) is 3. The number of rotatable bonds is 7. The van der Waals surface area contributed by atoms with Gasteiger partial charge in [-0.05, 0) is 50.5 Å². The van der Waals surface area contributed by atoms with Crippen molar-refractivity contribution in [2.75, 3.05) is 6.61 Å². The van der Waals surface area contributed by atoms with Crippen LogP contribution in [0.3, 0.4) is 0 Å². The molecular formula is C18H19F2N3O3. The predicted octanol–water partition coefficient (Wildman–Crippen LogP) is 4.60. The van der Waals surface area contributed by atoms with Crippen molar-refractivity contribution in [3.63, 3.8) is 0 Å². The smallest absolute Gasteiger partial charge is 0.315 e. The van der Waals surface area contributed by atoms with Gasteiger partial charge in [-0.3, -0.25) is 0 Å². The molecule has 0 saturated heterocycles. The molecule has 0 saturated carbocycles. The fourth-order valence-corrected chi connectivity index (χ4v) is 2.70. The molecule has 0 atom stereocenters. The monoisotopic (exact) mass is 363 g/mol. The number of ether oxygens (including phenoxy) is 1. The molecule has 2 aromatic heterocycles. The highest BCUT2D eigenvalue weighted by Crippen LogP contribution is 2.30. The summed E-state index contributed by atoms with van der Waals surface area (Å²) < 4.78 is 40.8. The topological polar surface area (TPSA) is 74.2 Å². The Kier molecular flexibility index (Phi) is 5.29. The van der Waals surface area contributed by atoms with Gasteiger partial charge in [0.2, 0.25) is 5.82 Å². The van der Waals surface area contributed by atoms with Gasteiger partial charge < -0.3 is 13.8 Å². The predicted molar refractivity (Wildman–Crippen MR) is 89.2 cm³/mol. The molecule has 138 valence electrons. The second-order valence-electron chi connectivity index (χ2n) is 6.08. The van der Waals surface area contributed by atoms with Crippen LogP contribution in [0, 0.1) is 20.8 Å². The lowest BCUT2D eigenvalue weighted by atomic mass is 10.1. The van der Waals surface area contributed by atoms with E-state index in [9.17, 15) is 8.78 Å². The van der Waals surface area contributed by atoms with Crippen LogP contribution >= 0.6 is 0 Å². The summed E-state index contributed by atoms with van der Waals surface area (Å²) in [5, 5.41) is 7.46. The van der Waals surface area contributed by atoms with E-state index in [4.69, 9.17) is 9.26 Å². The molecule has 0 spiro atoms. The highest BCUT2D eigenvalue weighted by molar-refractivity contribution is 5.61. The Morgan fingerprint density at radius 2 is 1.77 bits per heavy atom. The first kappa shape index (κ1) is 18.0. The highest BCUT2D eigenvalue weighted by Gasteiger charge is 2.18. The van der Waals surface area contributed by atoms with Crippen LogP contribution in [0.15, 0.2) is 27.2 Å². The third-order valence-electron chi connectivity index (χ3n) is 3.84. The molecule has 0 radical (unpaired) electrons. The van der Waals surface area contributed by atoms with E-state index in [-0.39, 0.29) is 5.82 Å². The van der Waals surface area contributed by atoms with E-state index in [0.29, 0.717) is 12.2 Å². The molecule has 26 heavy (non-hydrogen) atoms. The van der Waals surface area contributed by atoms with Crippen LogP contribution in [0.4, 0.5) is 8.78 Å². The molecule has 1 aromatic carbocycles. The number of hydrogen-bond donors (Lipinski definition) is 0. The van der Waals surface area contributed by atoms with Gasteiger partial charge >= 0.3 is 6.43 Å². The number of aromatic nitrogens is 3. The van der Waals surface area contributed by atoms with Crippen molar-refractivity contribution >= 4 is 0 Å². The Labute approximate surface area is 149 Å². The Hall–Kier alpha value is -2.77. The van der Waals surface area contributed by atoms with Crippen LogP contribution in [0.25, 0.3) is 11.4 Å². The van der Waals surface area contributed by atoms with Crippen LogP contribution in [0.1, 0.15) is 41.3 Å². The molecule has 0 bridgehead atoms. The lowest BCUT2D eigenvalue weighted by Crippen LogP contribution is -2.02. The summed E-state index contributed by atoms with van der Waals surface area (Å²) >= 11 is 0. The molecule has 0 aliphatic rings. The van der Waals surface area contributed by atoms with Crippen LogP contribution < -0.4 is 4.74 Å². The van der Waals surface area contributed by atoms with E-state index in [2.05, 4.69) is 19.8 Å². The fourth-order valence-electron chi connectivity index (χ4n) is 2.70. The first-order valence-corrected chi connectivity index (χ1v) is 8.22. The van der Waals surface area contributed by atoms with Crippen LogP contribution in [-0.2, 0) is 6.42 Å². The van der Waals surface area contributed by atoms with Gasteiger partial charge in [0.25, 0.3) is 5.89 Å². The third kappa shape index (κ3) is 4.07. The second-order valence-corrected chi connectivity index (χ2v) is 6.08. The maximum Gasteiger partial charge on any atom is 0.315 e. The normalized spacial score (nSPS) is 11.3. The van der Waals surface area contributed by atoms with Gasteiger partial charge in [0.1, 0.15) is 11.5 Å². The van der Waals surface area contributed by atoms with Crippen molar-refractivity contribution in [1.29, 1.82) is 0 Å². The minimum absolute atomic E-state index is 0.138. The van der Waals surface area contributed by atoms with Gasteiger partial charge in [0.05, 0.1) is 12.3 Å². The molecule has 0 fully saturated rings. The Bertz CT molecular complexity index is 866. The summed E-state index contributed by atoms with van der Waals surface area (Å²) in [6.45, 7) is 6.18. The molecule has 3 rings (SSSR count). The average Bonchev–Trinajstić information content (AvgIpc) is 3.22. The van der Waals surface area contributed by atoms with E-state index in [0.717, 1.165) is 41.2 Å². The van der Waals surface area contributed by atoms with Crippen LogP contribution in [0.5, 0.6) is 5.75 Å². The van der Waals surface area contributed by atoms with E-state index < -0.39 is 12.3 Å². The number of halogens is 2. The second kappa shape index (κ2) is 7.63. The largest absolute Gasteiger partial charge is 0.493 e. The van der Waals surface area contributed by atoms with Gasteiger partial charge in [-0.2, -0.15) is 13.8 Å². The summed E-state index contributed by atoms with van der Waals surface area (Å²) in [6, 6.07) is 5.49. The number of benzene rings is 1. The molecule has 0 N–H and O–H groups in total. The maximum absolute atomic E-state index is 12.6. The molecule has 8 heteroatoms. The van der Waals surface area contributed by atoms with Crippen molar-refractivity contribution in [2.24, 2.45) is 0 Å². The zero-order valence-electron chi connectivity index (χ0n) is 14.8. The highest BCUT2D eigenvalue weighted by atomic mass is 19.3. The summed E-state index contributed by atoms with van der Waals surface area (Å²) in [5.74, 6) is 1.05. The molecule has 0 amide bonds. The number of alkyl halides is 2. The fraction of sp³-hybridized carbons (Fsp3) is 0.389. The van der Waals surface area contributed by atoms with Crippen molar-refractivity contribution in [1.82, 2.24) is 15.3 Å². The summed E-state index contributed by atoms with van der Waals surface area (Å²) in [6.07, 6.45) is -1.25. The van der Waals surface area contributed by atoms with Crippen LogP contribution in [0.2, 0.25) is 0 Å². The average molecular weight is 363 g/mol. The molecule has 0 aliphatic heterocycles. The van der Waals surface area contributed by atoms with Crippen LogP contribution in [-0.4, -0.2) is 21.9 Å². The van der Waals surface area contributed by atoms with Crippen molar-refractivity contribution in [3.8, 4) is 17.1 Å². The minimum Gasteiger partial charge on any atom is -0.493 e. The molecular weight excluding hydrogens is 344 g/mol. The van der Waals surface area contributed by atoms with Crippen molar-refractivity contribution in [2.45, 2.75) is 40.0 Å². The lowest BCUT2D eigenvalue weighted by Gasteiger charge is -2.13. The molecule has 2 heterocycles. The van der Waals surface area contributed by atoms with Crippen molar-refractivity contribution in [3.05, 3.63) is 46.7 Å². The zero-order chi connectivity index (χ0) is 18.7. The van der Waals surface area contributed by atoms with Gasteiger partial charge in [-0.1, -0.05) is 10.3 Å². The van der Waals surface area contributed by atoms with E-state index >= 15 is 0 Å². The number of hydrogen-bond acceptors (Lipinski definition) is 6. The first-order chi connectivity index (χ1) is 12.4. The zero-order valence-corrected chi connectivity index (χ0v) is 14.8. The summed E-state index contributed by atoms with van der Waals surface area (Å²) in [4.78, 5) is 3.72. The number of aryl methyl sites for hydroxylation is 4. The van der Waals surface area contributed by atoms with E-state index in [1.54, 1.807) is 12.1 Å². The molecule has 6 nitrogen and oxygen atoms in total. The van der Waals surface area contributed by atoms with Gasteiger partial charge in [-0.25, -0.2) is 0 Å². The van der Waals surface area contributed by atoms with E-state index in [1.165, 1.54) is 0 Å². The lowest BCUT2D eigenvalue weighted by molar-refractivity contribution is 0.106. The Balaban J connectivity index is 1.65. The molecule has 3 aromatic rings. The SMILES string of the molecule is Cc1cc(CCCOc2c(C)cc(-c3noc(C(F)F)n3)cc2C)on1. The Morgan fingerprint density at radius 3 is 2.35 bits per heavy atom. The third-order valence-corrected chi connectivity index (χ3v) is 3.84. The molecule has 0 aliphatic carbocycles. The first-order valence-electron chi connectivity index (χ1n) is 8.22. The standard InChI is InChI=1S/C18H19F2N3O3/c1-10-7-13(17-21-18(16(19)20)26-23-17)8-11(2)15(10)24-6-4-5-14-9-12(3)22-25-14/h7-9,16H,4-6H2,1-3H3.